The molecule has 330 valence electrons. The molecular weight excluding hydrogens is 838 g/mol. The van der Waals surface area contributed by atoms with Crippen LogP contribution in [0.25, 0.3) is 20.5 Å². The molecule has 1 aliphatic heterocycles. The molecule has 3 amide bonds. The second-order valence-corrected chi connectivity index (χ2v) is 17.3. The fourth-order valence-electron chi connectivity index (χ4n) is 6.74. The average molecular weight is 890 g/mol. The van der Waals surface area contributed by atoms with Gasteiger partial charge in [0.2, 0.25) is 17.7 Å². The number of rotatable bonds is 20. The molecule has 1 fully saturated rings. The molecule has 0 radical (unpaired) electrons. The van der Waals surface area contributed by atoms with Gasteiger partial charge in [-0.2, -0.15) is 0 Å². The number of nitrogens with one attached hydrogen (secondary N) is 2. The number of likely N-dealkylation sites (tertiary alicyclic amines) is 1. The van der Waals surface area contributed by atoms with Crippen LogP contribution in [0.2, 0.25) is 5.02 Å². The van der Waals surface area contributed by atoms with Gasteiger partial charge in [0.05, 0.1) is 44.0 Å². The summed E-state index contributed by atoms with van der Waals surface area (Å²) < 4.78 is 29.7. The van der Waals surface area contributed by atoms with E-state index in [4.69, 9.17) is 35.3 Å². The predicted octanol–water partition coefficient (Wildman–Crippen LogP) is 6.66. The van der Waals surface area contributed by atoms with E-state index in [1.165, 1.54) is 16.2 Å². The first-order valence-electron chi connectivity index (χ1n) is 20.2. The van der Waals surface area contributed by atoms with Gasteiger partial charge in [-0.15, -0.1) is 11.3 Å². The third-order valence-electron chi connectivity index (χ3n) is 9.94. The highest BCUT2D eigenvalue weighted by atomic mass is 35.5. The number of carbonyl (C=O) groups is 3. The molecule has 14 nitrogen and oxygen atoms in total. The summed E-state index contributed by atoms with van der Waals surface area (Å²) >= 11 is 7.44. The van der Waals surface area contributed by atoms with Crippen molar-refractivity contribution in [2.45, 2.75) is 51.9 Å². The lowest BCUT2D eigenvalue weighted by atomic mass is 9.85. The summed E-state index contributed by atoms with van der Waals surface area (Å²) in [6, 6.07) is 24.4. The first-order chi connectivity index (χ1) is 29.7. The van der Waals surface area contributed by atoms with Gasteiger partial charge < -0.3 is 54.5 Å². The molecule has 0 bridgehead atoms. The van der Waals surface area contributed by atoms with Crippen LogP contribution in [-0.2, 0) is 35.1 Å². The maximum absolute atomic E-state index is 13.8. The zero-order chi connectivity index (χ0) is 44.2. The van der Waals surface area contributed by atoms with Crippen LogP contribution in [0.1, 0.15) is 32.8 Å². The zero-order valence-electron chi connectivity index (χ0n) is 34.8. The number of aliphatic hydroxyl groups excluding tert-OH is 1. The van der Waals surface area contributed by atoms with Gasteiger partial charge in [0, 0.05) is 34.6 Å². The second-order valence-electron chi connectivity index (χ2n) is 15.8. The van der Waals surface area contributed by atoms with E-state index < -0.39 is 41.3 Å². The van der Waals surface area contributed by atoms with Crippen molar-refractivity contribution in [2.24, 2.45) is 5.41 Å². The molecule has 16 heteroatoms. The fraction of sp³-hybridized carbons (Fsp3) is 0.370. The number of aromatic hydroxyl groups is 2. The van der Waals surface area contributed by atoms with Gasteiger partial charge in [-0.1, -0.05) is 44.5 Å². The Labute approximate surface area is 369 Å². The molecule has 1 unspecified atom stereocenters. The SMILES string of the molecule is CC(C)(C)C(NC(=O)COCCOCCOCCOc1ccc(Oc2c(-c3ccc(O)cc3)sc3cc(O)ccc23)cc1)C(=O)N1C[C@H](O)C[C@H]1C(=O)NCc1ccc(Cl)cc1. The lowest BCUT2D eigenvalue weighted by molar-refractivity contribution is -0.144. The van der Waals surface area contributed by atoms with Crippen molar-refractivity contribution >= 4 is 50.7 Å². The minimum absolute atomic E-state index is 0.0241. The summed E-state index contributed by atoms with van der Waals surface area (Å²) in [7, 11) is 0. The van der Waals surface area contributed by atoms with E-state index in [9.17, 15) is 29.7 Å². The van der Waals surface area contributed by atoms with Crippen molar-refractivity contribution in [2.75, 3.05) is 52.8 Å². The zero-order valence-corrected chi connectivity index (χ0v) is 36.4. The van der Waals surface area contributed by atoms with Gasteiger partial charge in [-0.25, -0.2) is 0 Å². The Kier molecular flexibility index (Phi) is 16.0. The van der Waals surface area contributed by atoms with Gasteiger partial charge in [-0.3, -0.25) is 14.4 Å². The molecule has 3 atom stereocenters. The summed E-state index contributed by atoms with van der Waals surface area (Å²) in [5, 5.41) is 37.3. The number of thiophene rings is 1. The maximum Gasteiger partial charge on any atom is 0.246 e. The van der Waals surface area contributed by atoms with Crippen molar-refractivity contribution in [3.63, 3.8) is 0 Å². The van der Waals surface area contributed by atoms with Crippen molar-refractivity contribution in [3.8, 4) is 39.2 Å². The monoisotopic (exact) mass is 889 g/mol. The number of nitrogens with zero attached hydrogens (tertiary/aromatic N) is 1. The molecule has 6 rings (SSSR count). The third-order valence-corrected chi connectivity index (χ3v) is 11.4. The van der Waals surface area contributed by atoms with Crippen LogP contribution in [0, 0.1) is 5.41 Å². The van der Waals surface area contributed by atoms with Crippen LogP contribution < -0.4 is 20.1 Å². The molecule has 0 spiro atoms. The van der Waals surface area contributed by atoms with Crippen LogP contribution in [0.3, 0.4) is 0 Å². The van der Waals surface area contributed by atoms with Crippen LogP contribution in [0.5, 0.6) is 28.7 Å². The predicted molar refractivity (Wildman–Crippen MR) is 236 cm³/mol. The number of hydrogen-bond acceptors (Lipinski definition) is 12. The van der Waals surface area contributed by atoms with Crippen molar-refractivity contribution in [3.05, 3.63) is 102 Å². The Balaban J connectivity index is 0.854. The van der Waals surface area contributed by atoms with E-state index in [0.29, 0.717) is 48.7 Å². The molecule has 0 saturated carbocycles. The van der Waals surface area contributed by atoms with Crippen LogP contribution in [0.15, 0.2) is 91.0 Å². The second kappa shape index (κ2) is 21.6. The van der Waals surface area contributed by atoms with E-state index in [1.807, 2.05) is 51.1 Å². The molecular formula is C46H52ClN3O11S. The minimum Gasteiger partial charge on any atom is -0.508 e. The quantitative estimate of drug-likeness (QED) is 0.0527. The Morgan fingerprint density at radius 3 is 2.13 bits per heavy atom. The number of phenolic OH excluding ortho intramolecular Hbond substituents is 2. The highest BCUT2D eigenvalue weighted by Crippen LogP contribution is 2.47. The molecule has 1 saturated heterocycles. The molecule has 62 heavy (non-hydrogen) atoms. The number of phenols is 2. The van der Waals surface area contributed by atoms with Crippen LogP contribution in [0.4, 0.5) is 0 Å². The van der Waals surface area contributed by atoms with E-state index in [0.717, 1.165) is 26.1 Å². The number of halogens is 1. The number of amides is 3. The average Bonchev–Trinajstić information content (AvgIpc) is 3.81. The lowest BCUT2D eigenvalue weighted by Gasteiger charge is -2.35. The van der Waals surface area contributed by atoms with Gasteiger partial charge in [0.25, 0.3) is 0 Å². The number of carbonyl (C=O) groups excluding carboxylic acids is 3. The summed E-state index contributed by atoms with van der Waals surface area (Å²) in [6.45, 7) is 7.00. The van der Waals surface area contributed by atoms with Crippen molar-refractivity contribution < 1.29 is 53.4 Å². The first-order valence-corrected chi connectivity index (χ1v) is 21.4. The molecule has 2 heterocycles. The first kappa shape index (κ1) is 46.1. The largest absolute Gasteiger partial charge is 0.508 e. The number of fused-ring (bicyclic) bond motifs is 1. The fourth-order valence-corrected chi connectivity index (χ4v) is 8.04. The number of aliphatic hydroxyl groups is 1. The molecule has 5 aromatic rings. The Morgan fingerprint density at radius 1 is 0.823 bits per heavy atom. The van der Waals surface area contributed by atoms with Gasteiger partial charge in [-0.05, 0) is 95.4 Å². The topological polar surface area (TPSA) is 185 Å². The summed E-state index contributed by atoms with van der Waals surface area (Å²) in [6.07, 6.45) is -0.785. The molecule has 0 aliphatic carbocycles. The highest BCUT2D eigenvalue weighted by molar-refractivity contribution is 7.22. The number of hydrogen-bond donors (Lipinski definition) is 5. The van der Waals surface area contributed by atoms with Crippen molar-refractivity contribution in [1.29, 1.82) is 0 Å². The van der Waals surface area contributed by atoms with E-state index >= 15 is 0 Å². The summed E-state index contributed by atoms with van der Waals surface area (Å²) in [5.41, 5.74) is 1.02. The Bertz CT molecular complexity index is 2260. The molecule has 4 aromatic carbocycles. The van der Waals surface area contributed by atoms with E-state index in [2.05, 4.69) is 10.6 Å². The van der Waals surface area contributed by atoms with Gasteiger partial charge in [0.1, 0.15) is 48.3 Å². The van der Waals surface area contributed by atoms with Gasteiger partial charge >= 0.3 is 0 Å². The van der Waals surface area contributed by atoms with E-state index in [-0.39, 0.29) is 50.8 Å². The van der Waals surface area contributed by atoms with Crippen LogP contribution >= 0.6 is 22.9 Å². The van der Waals surface area contributed by atoms with E-state index in [1.54, 1.807) is 60.7 Å². The number of β-amino-alcohol motifs (C(OH)–C–C–N with tert-alkyl or cyclic N) is 1. The van der Waals surface area contributed by atoms with Gasteiger partial charge in [0.15, 0.2) is 5.75 Å². The Hall–Kier alpha value is -5.42. The van der Waals surface area contributed by atoms with Crippen molar-refractivity contribution in [1.82, 2.24) is 15.5 Å². The summed E-state index contributed by atoms with van der Waals surface area (Å²) in [4.78, 5) is 42.0. The minimum atomic E-state index is -0.969. The lowest BCUT2D eigenvalue weighted by Crippen LogP contribution is -2.58. The maximum atomic E-state index is 13.8. The highest BCUT2D eigenvalue weighted by Gasteiger charge is 2.44. The summed E-state index contributed by atoms with van der Waals surface area (Å²) in [5.74, 6) is 0.890. The molecule has 5 N–H and O–H groups in total. The number of ether oxygens (including phenoxy) is 5. The smallest absolute Gasteiger partial charge is 0.246 e. The molecule has 1 aliphatic rings. The Morgan fingerprint density at radius 2 is 1.45 bits per heavy atom. The standard InChI is InChI=1S/C46H52ClN3O11S/c1-46(2,3)43(45(56)50-27-34(53)24-38(50)44(55)48-26-29-4-8-31(47)9-5-29)49-40(54)28-59-21-20-57-18-19-58-22-23-60-35-13-15-36(16-14-35)61-41-37-17-12-33(52)25-39(37)62-42(41)30-6-10-32(51)11-7-30/h4-17,25,34,38,43,51-53H,18-24,26-28H2,1-3H3,(H,48,55)(H,49,54)/t34-,38+,43?/m1/s1. The normalized spacial score (nSPS) is 15.7. The van der Waals surface area contributed by atoms with Crippen LogP contribution in [-0.4, -0.2) is 109 Å². The number of benzene rings is 4. The molecule has 1 aromatic heterocycles. The third kappa shape index (κ3) is 12.8.